The van der Waals surface area contributed by atoms with Crippen molar-refractivity contribution < 1.29 is 0 Å². The van der Waals surface area contributed by atoms with E-state index >= 15 is 0 Å². The average Bonchev–Trinajstić information content (AvgIpc) is 3.07. The molecule has 0 amide bonds. The van der Waals surface area contributed by atoms with Crippen LogP contribution in [0, 0.1) is 13.8 Å². The zero-order chi connectivity index (χ0) is 30.1. The van der Waals surface area contributed by atoms with Crippen LogP contribution in [0.2, 0.25) is 0 Å². The van der Waals surface area contributed by atoms with Gasteiger partial charge >= 0.3 is 0 Å². The summed E-state index contributed by atoms with van der Waals surface area (Å²) < 4.78 is 0. The molecule has 0 aliphatic rings. The van der Waals surface area contributed by atoms with Crippen molar-refractivity contribution in [1.82, 2.24) is 9.97 Å². The van der Waals surface area contributed by atoms with E-state index in [0.29, 0.717) is 0 Å². The maximum absolute atomic E-state index is 5.30. The lowest BCUT2D eigenvalue weighted by Crippen LogP contribution is -2.07. The lowest BCUT2D eigenvalue weighted by molar-refractivity contribution is 0.810. The predicted molar refractivity (Wildman–Crippen MR) is 185 cm³/mol. The number of aromatic nitrogens is 2. The van der Waals surface area contributed by atoms with E-state index in [2.05, 4.69) is 147 Å². The summed E-state index contributed by atoms with van der Waals surface area (Å²) in [5.41, 5.74) is 14.4. The van der Waals surface area contributed by atoms with E-state index in [4.69, 9.17) is 9.97 Å². The molecule has 0 radical (unpaired) electrons. The van der Waals surface area contributed by atoms with E-state index in [0.717, 1.165) is 61.3 Å². The summed E-state index contributed by atoms with van der Waals surface area (Å²) >= 11 is 0. The largest absolute Gasteiger partial charge is 0.251 e. The molecule has 4 aromatic carbocycles. The number of nitrogens with zero attached hydrogens (tertiary/aromatic N) is 2. The molecule has 0 fully saturated rings. The molecule has 44 heavy (non-hydrogen) atoms. The van der Waals surface area contributed by atoms with Crippen LogP contribution in [0.5, 0.6) is 0 Å². The summed E-state index contributed by atoms with van der Waals surface area (Å²) in [4.78, 5) is 10.6. The SMILES string of the molecule is Cc1cc(-c2ccccc2)c(CCCc2ccccc2)c(-c2nc(C)cc(-c3ccccc3)c2CCCc2ccccc2)n1. The van der Waals surface area contributed by atoms with Crippen molar-refractivity contribution in [2.45, 2.75) is 52.4 Å². The van der Waals surface area contributed by atoms with Crippen LogP contribution in [0.15, 0.2) is 133 Å². The molecule has 0 bridgehead atoms. The predicted octanol–water partition coefficient (Wildman–Crippen LogP) is 10.4. The zero-order valence-corrected chi connectivity index (χ0v) is 25.8. The Kier molecular flexibility index (Phi) is 9.38. The Morgan fingerprint density at radius 2 is 0.750 bits per heavy atom. The second-order valence-corrected chi connectivity index (χ2v) is 11.7. The Hall–Kier alpha value is -4.82. The Morgan fingerprint density at radius 3 is 1.11 bits per heavy atom. The van der Waals surface area contributed by atoms with Gasteiger partial charge in [0.2, 0.25) is 0 Å². The van der Waals surface area contributed by atoms with E-state index in [1.165, 1.54) is 44.5 Å². The van der Waals surface area contributed by atoms with Crippen LogP contribution < -0.4 is 0 Å². The van der Waals surface area contributed by atoms with Crippen molar-refractivity contribution in [2.75, 3.05) is 0 Å². The molecule has 0 spiro atoms. The summed E-state index contributed by atoms with van der Waals surface area (Å²) in [7, 11) is 0. The third-order valence-corrected chi connectivity index (χ3v) is 8.37. The number of hydrogen-bond acceptors (Lipinski definition) is 2. The lowest BCUT2D eigenvalue weighted by Gasteiger charge is -2.21. The molecular weight excluding hydrogens is 532 g/mol. The normalized spacial score (nSPS) is 11.0. The maximum Gasteiger partial charge on any atom is 0.0930 e. The van der Waals surface area contributed by atoms with Crippen LogP contribution in [-0.2, 0) is 25.7 Å². The third kappa shape index (κ3) is 7.03. The van der Waals surface area contributed by atoms with E-state index < -0.39 is 0 Å². The minimum atomic E-state index is 0.932. The van der Waals surface area contributed by atoms with Gasteiger partial charge in [-0.05, 0) is 109 Å². The molecule has 0 unspecified atom stereocenters. The number of pyridine rings is 2. The molecule has 0 aliphatic heterocycles. The fourth-order valence-electron chi connectivity index (χ4n) is 6.28. The Balaban J connectivity index is 1.48. The first-order chi connectivity index (χ1) is 21.7. The minimum Gasteiger partial charge on any atom is -0.251 e. The van der Waals surface area contributed by atoms with Crippen molar-refractivity contribution in [2.24, 2.45) is 0 Å². The molecule has 218 valence electrons. The molecule has 2 heterocycles. The van der Waals surface area contributed by atoms with Crippen molar-refractivity contribution in [1.29, 1.82) is 0 Å². The second kappa shape index (κ2) is 14.1. The summed E-state index contributed by atoms with van der Waals surface area (Å²) in [6.07, 6.45) is 6.01. The monoisotopic (exact) mass is 572 g/mol. The van der Waals surface area contributed by atoms with E-state index in [1.54, 1.807) is 0 Å². The molecule has 0 N–H and O–H groups in total. The average molecular weight is 573 g/mol. The number of aryl methyl sites for hydroxylation is 4. The van der Waals surface area contributed by atoms with Gasteiger partial charge < -0.3 is 0 Å². The first-order valence-corrected chi connectivity index (χ1v) is 15.9. The van der Waals surface area contributed by atoms with Crippen LogP contribution in [0.3, 0.4) is 0 Å². The van der Waals surface area contributed by atoms with Gasteiger partial charge in [0.1, 0.15) is 0 Å². The van der Waals surface area contributed by atoms with Gasteiger partial charge in [0.25, 0.3) is 0 Å². The van der Waals surface area contributed by atoms with E-state index in [-0.39, 0.29) is 0 Å². The van der Waals surface area contributed by atoms with Gasteiger partial charge in [-0.25, -0.2) is 0 Å². The van der Waals surface area contributed by atoms with Crippen LogP contribution in [0.1, 0.15) is 46.5 Å². The van der Waals surface area contributed by atoms with Crippen LogP contribution in [0.25, 0.3) is 33.6 Å². The number of benzene rings is 4. The molecule has 0 atom stereocenters. The molecule has 2 heteroatoms. The van der Waals surface area contributed by atoms with E-state index in [9.17, 15) is 0 Å². The molecule has 0 aliphatic carbocycles. The van der Waals surface area contributed by atoms with Gasteiger partial charge in [0.15, 0.2) is 0 Å². The Morgan fingerprint density at radius 1 is 0.409 bits per heavy atom. The second-order valence-electron chi connectivity index (χ2n) is 11.7. The summed E-state index contributed by atoms with van der Waals surface area (Å²) in [5.74, 6) is 0. The first-order valence-electron chi connectivity index (χ1n) is 15.9. The molecular formula is C42H40N2. The van der Waals surface area contributed by atoms with Crippen molar-refractivity contribution in [3.05, 3.63) is 167 Å². The number of rotatable bonds is 11. The van der Waals surface area contributed by atoms with Crippen molar-refractivity contribution in [3.8, 4) is 33.6 Å². The minimum absolute atomic E-state index is 0.932. The topological polar surface area (TPSA) is 25.8 Å². The molecule has 0 saturated carbocycles. The summed E-state index contributed by atoms with van der Waals surface area (Å²) in [6, 6.07) is 47.7. The van der Waals surface area contributed by atoms with Crippen LogP contribution >= 0.6 is 0 Å². The van der Waals surface area contributed by atoms with Crippen LogP contribution in [0.4, 0.5) is 0 Å². The zero-order valence-electron chi connectivity index (χ0n) is 25.8. The number of hydrogen-bond donors (Lipinski definition) is 0. The quantitative estimate of drug-likeness (QED) is 0.154. The van der Waals surface area contributed by atoms with Crippen molar-refractivity contribution >= 4 is 0 Å². The molecule has 2 nitrogen and oxygen atoms in total. The fourth-order valence-corrected chi connectivity index (χ4v) is 6.28. The van der Waals surface area contributed by atoms with Gasteiger partial charge in [0, 0.05) is 11.4 Å². The highest BCUT2D eigenvalue weighted by Crippen LogP contribution is 2.38. The highest BCUT2D eigenvalue weighted by atomic mass is 14.8. The molecule has 2 aromatic heterocycles. The molecule has 0 saturated heterocycles. The smallest absolute Gasteiger partial charge is 0.0930 e. The fraction of sp³-hybridized carbons (Fsp3) is 0.190. The highest BCUT2D eigenvalue weighted by Gasteiger charge is 2.21. The Labute approximate surface area is 262 Å². The van der Waals surface area contributed by atoms with Gasteiger partial charge in [-0.1, -0.05) is 121 Å². The maximum atomic E-state index is 5.30. The summed E-state index contributed by atoms with van der Waals surface area (Å²) in [5, 5.41) is 0. The van der Waals surface area contributed by atoms with Gasteiger partial charge in [0.05, 0.1) is 11.4 Å². The van der Waals surface area contributed by atoms with Gasteiger partial charge in [-0.3, -0.25) is 9.97 Å². The third-order valence-electron chi connectivity index (χ3n) is 8.37. The summed E-state index contributed by atoms with van der Waals surface area (Å²) in [6.45, 7) is 4.24. The lowest BCUT2D eigenvalue weighted by atomic mass is 9.88. The van der Waals surface area contributed by atoms with Crippen molar-refractivity contribution in [3.63, 3.8) is 0 Å². The first kappa shape index (κ1) is 29.3. The highest BCUT2D eigenvalue weighted by molar-refractivity contribution is 5.81. The van der Waals surface area contributed by atoms with E-state index in [1.807, 2.05) is 0 Å². The molecule has 6 rings (SSSR count). The van der Waals surface area contributed by atoms with Gasteiger partial charge in [-0.2, -0.15) is 0 Å². The van der Waals surface area contributed by atoms with Gasteiger partial charge in [-0.15, -0.1) is 0 Å². The standard InChI is InChI=1S/C42H40N2/c1-31-29-39(35-23-11-5-12-24-35)37(27-15-21-33-17-7-3-8-18-33)41(43-31)42-38(28-16-22-34-19-9-4-10-20-34)40(30-32(2)44-42)36-25-13-6-14-26-36/h3-14,17-20,23-26,29-30H,15-16,21-22,27-28H2,1-2H3. The molecule has 6 aromatic rings. The Bertz CT molecular complexity index is 1660. The van der Waals surface area contributed by atoms with Crippen LogP contribution in [-0.4, -0.2) is 9.97 Å².